The Morgan fingerprint density at radius 1 is 1.36 bits per heavy atom. The Labute approximate surface area is 164 Å². The molecule has 0 N–H and O–H groups in total. The van der Waals surface area contributed by atoms with Gasteiger partial charge in [-0.15, -0.1) is 0 Å². The van der Waals surface area contributed by atoms with E-state index < -0.39 is 29.2 Å². The van der Waals surface area contributed by atoms with Crippen LogP contribution in [-0.2, 0) is 9.59 Å². The van der Waals surface area contributed by atoms with E-state index in [0.29, 0.717) is 15.8 Å². The summed E-state index contributed by atoms with van der Waals surface area (Å²) in [4.78, 5) is 34.8. The van der Waals surface area contributed by atoms with Crippen LogP contribution in [0, 0.1) is 17.0 Å². The minimum absolute atomic E-state index is 0.0972. The number of furan rings is 1. The molecule has 2 heterocycles. The molecular weight excluding hydrogens is 390 g/mol. The van der Waals surface area contributed by atoms with Crippen LogP contribution in [0.25, 0.3) is 6.08 Å². The first-order chi connectivity index (χ1) is 13.3. The van der Waals surface area contributed by atoms with Gasteiger partial charge in [0, 0.05) is 5.02 Å². The molecule has 28 heavy (non-hydrogen) atoms. The number of aryl methyl sites for hydroxylation is 1. The lowest BCUT2D eigenvalue weighted by Gasteiger charge is -2.11. The van der Waals surface area contributed by atoms with Gasteiger partial charge in [-0.2, -0.15) is 10.1 Å². The molecule has 2 amide bonds. The molecule has 0 unspecified atom stereocenters. The Morgan fingerprint density at radius 3 is 2.75 bits per heavy atom. The SMILES string of the molecule is CC1=NN(C(=O)COc2ccc(Cl)c(C)c2)C(=O)/C1=C\c1ccc([N+](=O)[O-])o1. The maximum absolute atomic E-state index is 12.5. The van der Waals surface area contributed by atoms with Gasteiger partial charge in [0.15, 0.2) is 6.61 Å². The molecular formula is C18H14ClN3O6. The number of imide groups is 1. The summed E-state index contributed by atoms with van der Waals surface area (Å²) in [6.45, 7) is 2.94. The number of amides is 2. The van der Waals surface area contributed by atoms with E-state index in [1.54, 1.807) is 25.1 Å². The molecule has 0 bridgehead atoms. The average molecular weight is 404 g/mol. The standard InChI is InChI=1S/C18H14ClN3O6/c1-10-7-12(3-5-15(10)19)27-9-16(23)21-18(24)14(11(2)20-21)8-13-4-6-17(28-13)22(25)26/h3-8H,9H2,1-2H3/b14-8-. The van der Waals surface area contributed by atoms with Gasteiger partial charge in [0.1, 0.15) is 16.4 Å². The van der Waals surface area contributed by atoms with Gasteiger partial charge in [-0.1, -0.05) is 11.6 Å². The van der Waals surface area contributed by atoms with E-state index in [0.717, 1.165) is 5.56 Å². The number of rotatable bonds is 5. The van der Waals surface area contributed by atoms with Crippen LogP contribution < -0.4 is 4.74 Å². The number of halogens is 1. The summed E-state index contributed by atoms with van der Waals surface area (Å²) >= 11 is 5.94. The summed E-state index contributed by atoms with van der Waals surface area (Å²) in [5, 5.41) is 15.9. The van der Waals surface area contributed by atoms with Gasteiger partial charge >= 0.3 is 5.88 Å². The Kier molecular flexibility index (Phi) is 5.27. The number of nitro groups is 1. The minimum Gasteiger partial charge on any atom is -0.484 e. The normalized spacial score (nSPS) is 15.1. The molecule has 0 atom stereocenters. The van der Waals surface area contributed by atoms with Gasteiger partial charge in [-0.25, -0.2) is 0 Å². The quantitative estimate of drug-likeness (QED) is 0.429. The zero-order valence-corrected chi connectivity index (χ0v) is 15.6. The van der Waals surface area contributed by atoms with Gasteiger partial charge in [-0.05, 0) is 49.8 Å². The topological polar surface area (TPSA) is 115 Å². The molecule has 0 saturated carbocycles. The summed E-state index contributed by atoms with van der Waals surface area (Å²) in [5.74, 6) is -1.25. The predicted octanol–water partition coefficient (Wildman–Crippen LogP) is 3.36. The van der Waals surface area contributed by atoms with Crippen LogP contribution >= 0.6 is 11.6 Å². The monoisotopic (exact) mass is 403 g/mol. The lowest BCUT2D eigenvalue weighted by atomic mass is 10.1. The fourth-order valence-electron chi connectivity index (χ4n) is 2.43. The molecule has 1 aliphatic rings. The largest absolute Gasteiger partial charge is 0.484 e. The summed E-state index contributed by atoms with van der Waals surface area (Å²) < 4.78 is 10.4. The van der Waals surface area contributed by atoms with Crippen molar-refractivity contribution in [1.82, 2.24) is 5.01 Å². The van der Waals surface area contributed by atoms with Gasteiger partial charge in [-0.3, -0.25) is 19.7 Å². The first-order valence-corrected chi connectivity index (χ1v) is 8.42. The maximum atomic E-state index is 12.5. The smallest absolute Gasteiger partial charge is 0.433 e. The number of carbonyl (C=O) groups excluding carboxylic acids is 2. The first-order valence-electron chi connectivity index (χ1n) is 8.04. The van der Waals surface area contributed by atoms with Crippen molar-refractivity contribution in [3.05, 3.63) is 62.4 Å². The van der Waals surface area contributed by atoms with Crippen molar-refractivity contribution in [3.63, 3.8) is 0 Å². The fraction of sp³-hybridized carbons (Fsp3) is 0.167. The van der Waals surface area contributed by atoms with Gasteiger partial charge in [0.05, 0.1) is 17.4 Å². The van der Waals surface area contributed by atoms with Crippen molar-refractivity contribution in [2.75, 3.05) is 6.61 Å². The summed E-state index contributed by atoms with van der Waals surface area (Å²) in [6.07, 6.45) is 1.30. The number of ether oxygens (including phenoxy) is 1. The van der Waals surface area contributed by atoms with Crippen molar-refractivity contribution in [2.24, 2.45) is 5.10 Å². The van der Waals surface area contributed by atoms with E-state index >= 15 is 0 Å². The third-order valence-electron chi connectivity index (χ3n) is 3.87. The number of hydrazone groups is 1. The van der Waals surface area contributed by atoms with Crippen LogP contribution in [0.3, 0.4) is 0 Å². The van der Waals surface area contributed by atoms with E-state index in [4.69, 9.17) is 20.8 Å². The van der Waals surface area contributed by atoms with Gasteiger partial charge in [0.2, 0.25) is 0 Å². The number of hydrogen-bond donors (Lipinski definition) is 0. The van der Waals surface area contributed by atoms with Crippen molar-refractivity contribution < 1.29 is 23.7 Å². The van der Waals surface area contributed by atoms with Crippen molar-refractivity contribution >= 4 is 41.1 Å². The van der Waals surface area contributed by atoms with E-state index in [9.17, 15) is 19.7 Å². The van der Waals surface area contributed by atoms with Crippen LogP contribution in [0.2, 0.25) is 5.02 Å². The number of nitrogens with zero attached hydrogens (tertiary/aromatic N) is 3. The molecule has 10 heteroatoms. The van der Waals surface area contributed by atoms with Crippen molar-refractivity contribution in [2.45, 2.75) is 13.8 Å². The second kappa shape index (κ2) is 7.65. The van der Waals surface area contributed by atoms with E-state index in [1.165, 1.54) is 25.1 Å². The molecule has 1 aromatic heterocycles. The highest BCUT2D eigenvalue weighted by atomic mass is 35.5. The van der Waals surface area contributed by atoms with Gasteiger partial charge in [0.25, 0.3) is 11.8 Å². The molecule has 0 saturated heterocycles. The fourth-order valence-corrected chi connectivity index (χ4v) is 2.54. The molecule has 0 fully saturated rings. The third kappa shape index (κ3) is 3.94. The van der Waals surface area contributed by atoms with Crippen LogP contribution in [0.15, 0.2) is 45.4 Å². The second-order valence-corrected chi connectivity index (χ2v) is 6.29. The van der Waals surface area contributed by atoms with Crippen LogP contribution in [-0.4, -0.2) is 34.1 Å². The minimum atomic E-state index is -0.689. The molecule has 0 aliphatic carbocycles. The molecule has 2 aromatic rings. The molecule has 3 rings (SSSR count). The van der Waals surface area contributed by atoms with Crippen LogP contribution in [0.5, 0.6) is 5.75 Å². The van der Waals surface area contributed by atoms with Gasteiger partial charge < -0.3 is 9.15 Å². The highest BCUT2D eigenvalue weighted by Crippen LogP contribution is 2.23. The molecule has 1 aliphatic heterocycles. The maximum Gasteiger partial charge on any atom is 0.433 e. The molecule has 0 radical (unpaired) electrons. The number of carbonyl (C=O) groups is 2. The second-order valence-electron chi connectivity index (χ2n) is 5.89. The predicted molar refractivity (Wildman–Crippen MR) is 100.0 cm³/mol. The van der Waals surface area contributed by atoms with E-state index in [2.05, 4.69) is 5.10 Å². The lowest BCUT2D eigenvalue weighted by Crippen LogP contribution is -2.33. The highest BCUT2D eigenvalue weighted by Gasteiger charge is 2.33. The Morgan fingerprint density at radius 2 is 2.11 bits per heavy atom. The highest BCUT2D eigenvalue weighted by molar-refractivity contribution is 6.31. The molecule has 1 aromatic carbocycles. The molecule has 0 spiro atoms. The van der Waals surface area contributed by atoms with Crippen molar-refractivity contribution in [3.8, 4) is 5.75 Å². The number of benzene rings is 1. The molecule has 9 nitrogen and oxygen atoms in total. The number of hydrogen-bond acceptors (Lipinski definition) is 7. The Hall–Kier alpha value is -3.46. The molecule has 144 valence electrons. The summed E-state index contributed by atoms with van der Waals surface area (Å²) in [7, 11) is 0. The Bertz CT molecular complexity index is 1040. The van der Waals surface area contributed by atoms with Crippen LogP contribution in [0.4, 0.5) is 5.88 Å². The van der Waals surface area contributed by atoms with E-state index in [1.807, 2.05) is 0 Å². The first kappa shape index (κ1) is 19.3. The van der Waals surface area contributed by atoms with Crippen molar-refractivity contribution in [1.29, 1.82) is 0 Å². The Balaban J connectivity index is 1.70. The summed E-state index contributed by atoms with van der Waals surface area (Å²) in [5.41, 5.74) is 1.16. The van der Waals surface area contributed by atoms with Crippen LogP contribution in [0.1, 0.15) is 18.2 Å². The lowest BCUT2D eigenvalue weighted by molar-refractivity contribution is -0.402. The zero-order valence-electron chi connectivity index (χ0n) is 14.8. The zero-order chi connectivity index (χ0) is 20.4. The third-order valence-corrected chi connectivity index (χ3v) is 4.29. The average Bonchev–Trinajstić information content (AvgIpc) is 3.23. The van der Waals surface area contributed by atoms with E-state index in [-0.39, 0.29) is 17.0 Å². The summed E-state index contributed by atoms with van der Waals surface area (Å²) in [6, 6.07) is 7.44.